The van der Waals surface area contributed by atoms with Crippen LogP contribution in [0.2, 0.25) is 5.02 Å². The molecule has 9 heteroatoms. The van der Waals surface area contributed by atoms with Gasteiger partial charge in [-0.05, 0) is 43.2 Å². The summed E-state index contributed by atoms with van der Waals surface area (Å²) in [7, 11) is -3.32. The maximum atomic E-state index is 12.6. The molecular formula is C18H16ClN3O3S2. The summed E-state index contributed by atoms with van der Waals surface area (Å²) in [4.78, 5) is 16.9. The number of anilines is 2. The SMILES string of the molecule is O=C(Nc1nc2ccccc2s1)c1ccc(N2CCCCS2(=O)=O)cc1Cl. The van der Waals surface area contributed by atoms with Gasteiger partial charge in [0.05, 0.1) is 32.2 Å². The van der Waals surface area contributed by atoms with Crippen molar-refractivity contribution in [1.29, 1.82) is 0 Å². The van der Waals surface area contributed by atoms with Crippen molar-refractivity contribution < 1.29 is 13.2 Å². The molecule has 1 amide bonds. The van der Waals surface area contributed by atoms with Crippen LogP contribution in [0, 0.1) is 0 Å². The van der Waals surface area contributed by atoms with E-state index in [1.54, 1.807) is 12.1 Å². The fraction of sp³-hybridized carbons (Fsp3) is 0.222. The highest BCUT2D eigenvalue weighted by atomic mass is 35.5. The average molecular weight is 422 g/mol. The molecule has 140 valence electrons. The molecule has 1 N–H and O–H groups in total. The highest BCUT2D eigenvalue weighted by Gasteiger charge is 2.26. The summed E-state index contributed by atoms with van der Waals surface area (Å²) in [6.45, 7) is 0.426. The Morgan fingerprint density at radius 1 is 1.19 bits per heavy atom. The number of fused-ring (bicyclic) bond motifs is 1. The quantitative estimate of drug-likeness (QED) is 0.689. The Hall–Kier alpha value is -2.16. The number of sulfonamides is 1. The lowest BCUT2D eigenvalue weighted by atomic mass is 10.2. The number of hydrogen-bond acceptors (Lipinski definition) is 5. The Morgan fingerprint density at radius 3 is 2.74 bits per heavy atom. The Balaban J connectivity index is 1.57. The molecule has 0 atom stereocenters. The predicted octanol–water partition coefficient (Wildman–Crippen LogP) is 4.13. The van der Waals surface area contributed by atoms with Crippen LogP contribution in [0.5, 0.6) is 0 Å². The van der Waals surface area contributed by atoms with Gasteiger partial charge in [-0.15, -0.1) is 0 Å². The van der Waals surface area contributed by atoms with Gasteiger partial charge < -0.3 is 0 Å². The highest BCUT2D eigenvalue weighted by Crippen LogP contribution is 2.30. The smallest absolute Gasteiger partial charge is 0.258 e. The van der Waals surface area contributed by atoms with Crippen LogP contribution < -0.4 is 9.62 Å². The summed E-state index contributed by atoms with van der Waals surface area (Å²) in [5, 5.41) is 3.44. The Labute approximate surface area is 165 Å². The summed E-state index contributed by atoms with van der Waals surface area (Å²) in [5.74, 6) is -0.253. The molecule has 0 saturated carbocycles. The van der Waals surface area contributed by atoms with Crippen molar-refractivity contribution in [2.24, 2.45) is 0 Å². The molecule has 1 aliphatic rings. The monoisotopic (exact) mass is 421 g/mol. The average Bonchev–Trinajstić information content (AvgIpc) is 3.03. The summed E-state index contributed by atoms with van der Waals surface area (Å²) in [6, 6.07) is 12.3. The van der Waals surface area contributed by atoms with Gasteiger partial charge in [-0.25, -0.2) is 13.4 Å². The molecule has 0 bridgehead atoms. The summed E-state index contributed by atoms with van der Waals surface area (Å²) in [6.07, 6.45) is 1.46. The molecule has 1 saturated heterocycles. The maximum absolute atomic E-state index is 12.6. The first-order valence-corrected chi connectivity index (χ1v) is 11.2. The van der Waals surface area contributed by atoms with Crippen LogP contribution in [0.4, 0.5) is 10.8 Å². The Kier molecular flexibility index (Phi) is 4.79. The van der Waals surface area contributed by atoms with E-state index in [0.717, 1.165) is 16.6 Å². The minimum Gasteiger partial charge on any atom is -0.298 e. The fourth-order valence-electron chi connectivity index (χ4n) is 3.01. The molecule has 1 aliphatic heterocycles. The molecule has 0 unspecified atom stereocenters. The van der Waals surface area contributed by atoms with Gasteiger partial charge >= 0.3 is 0 Å². The van der Waals surface area contributed by atoms with Crippen molar-refractivity contribution in [2.45, 2.75) is 12.8 Å². The van der Waals surface area contributed by atoms with Gasteiger partial charge in [0, 0.05) is 6.54 Å². The van der Waals surface area contributed by atoms with Crippen LogP contribution in [0.1, 0.15) is 23.2 Å². The lowest BCUT2D eigenvalue weighted by Gasteiger charge is -2.28. The zero-order valence-electron chi connectivity index (χ0n) is 14.2. The first-order chi connectivity index (χ1) is 12.9. The third-order valence-corrected chi connectivity index (χ3v) is 7.48. The lowest BCUT2D eigenvalue weighted by molar-refractivity contribution is 0.102. The van der Waals surface area contributed by atoms with E-state index in [1.165, 1.54) is 21.7 Å². The third kappa shape index (κ3) is 3.65. The zero-order chi connectivity index (χ0) is 19.0. The topological polar surface area (TPSA) is 79.4 Å². The number of nitrogens with zero attached hydrogens (tertiary/aromatic N) is 2. The minimum absolute atomic E-state index is 0.129. The van der Waals surface area contributed by atoms with Gasteiger partial charge in [0.25, 0.3) is 5.91 Å². The van der Waals surface area contributed by atoms with Crippen molar-refractivity contribution in [3.8, 4) is 0 Å². The summed E-state index contributed by atoms with van der Waals surface area (Å²) in [5.41, 5.74) is 1.57. The molecule has 3 aromatic rings. The molecular weight excluding hydrogens is 406 g/mol. The number of hydrogen-bond donors (Lipinski definition) is 1. The number of aromatic nitrogens is 1. The van der Waals surface area contributed by atoms with Crippen LogP contribution >= 0.6 is 22.9 Å². The predicted molar refractivity (Wildman–Crippen MR) is 109 cm³/mol. The number of carbonyl (C=O) groups excluding carboxylic acids is 1. The van der Waals surface area contributed by atoms with Crippen LogP contribution in [-0.4, -0.2) is 31.6 Å². The second-order valence-corrected chi connectivity index (χ2v) is 9.65. The van der Waals surface area contributed by atoms with E-state index in [0.29, 0.717) is 23.8 Å². The summed E-state index contributed by atoms with van der Waals surface area (Å²) < 4.78 is 26.8. The zero-order valence-corrected chi connectivity index (χ0v) is 16.6. The largest absolute Gasteiger partial charge is 0.298 e. The van der Waals surface area contributed by atoms with Crippen LogP contribution in [0.3, 0.4) is 0 Å². The van der Waals surface area contributed by atoms with E-state index in [4.69, 9.17) is 11.6 Å². The van der Waals surface area contributed by atoms with E-state index in [-0.39, 0.29) is 22.2 Å². The van der Waals surface area contributed by atoms with Gasteiger partial charge in [0.1, 0.15) is 0 Å². The van der Waals surface area contributed by atoms with E-state index in [1.807, 2.05) is 24.3 Å². The first-order valence-electron chi connectivity index (χ1n) is 8.41. The molecule has 1 aromatic heterocycles. The van der Waals surface area contributed by atoms with Gasteiger partial charge in [0.2, 0.25) is 10.0 Å². The molecule has 2 aromatic carbocycles. The number of halogens is 1. The molecule has 0 radical (unpaired) electrons. The molecule has 1 fully saturated rings. The number of carbonyl (C=O) groups is 1. The minimum atomic E-state index is -3.32. The van der Waals surface area contributed by atoms with Gasteiger partial charge in [-0.2, -0.15) is 0 Å². The number of rotatable bonds is 3. The van der Waals surface area contributed by atoms with Crippen LogP contribution in [0.15, 0.2) is 42.5 Å². The van der Waals surface area contributed by atoms with E-state index in [9.17, 15) is 13.2 Å². The maximum Gasteiger partial charge on any atom is 0.258 e. The molecule has 4 rings (SSSR count). The number of nitrogens with one attached hydrogen (secondary N) is 1. The van der Waals surface area contributed by atoms with E-state index >= 15 is 0 Å². The Bertz CT molecular complexity index is 1090. The van der Waals surface area contributed by atoms with Gasteiger partial charge in [0.15, 0.2) is 5.13 Å². The van der Waals surface area contributed by atoms with Crippen LogP contribution in [-0.2, 0) is 10.0 Å². The first kappa shape index (κ1) is 18.2. The van der Waals surface area contributed by atoms with Crippen molar-refractivity contribution in [2.75, 3.05) is 21.9 Å². The van der Waals surface area contributed by atoms with Gasteiger partial charge in [-0.1, -0.05) is 35.1 Å². The molecule has 2 heterocycles. The number of benzene rings is 2. The Morgan fingerprint density at radius 2 is 2.00 bits per heavy atom. The number of para-hydroxylation sites is 1. The van der Waals surface area contributed by atoms with E-state index in [2.05, 4.69) is 10.3 Å². The fourth-order valence-corrected chi connectivity index (χ4v) is 5.77. The third-order valence-electron chi connectivity index (χ3n) is 4.35. The molecule has 27 heavy (non-hydrogen) atoms. The number of amides is 1. The number of thiazole rings is 1. The van der Waals surface area contributed by atoms with Crippen molar-refractivity contribution in [3.05, 3.63) is 53.1 Å². The van der Waals surface area contributed by atoms with Crippen molar-refractivity contribution in [3.63, 3.8) is 0 Å². The lowest BCUT2D eigenvalue weighted by Crippen LogP contribution is -2.37. The molecule has 6 nitrogen and oxygen atoms in total. The second-order valence-electron chi connectivity index (χ2n) is 6.20. The van der Waals surface area contributed by atoms with Gasteiger partial charge in [-0.3, -0.25) is 14.4 Å². The van der Waals surface area contributed by atoms with E-state index < -0.39 is 10.0 Å². The van der Waals surface area contributed by atoms with Crippen LogP contribution in [0.25, 0.3) is 10.2 Å². The van der Waals surface area contributed by atoms with Crippen molar-refractivity contribution >= 4 is 59.9 Å². The van der Waals surface area contributed by atoms with Crippen molar-refractivity contribution in [1.82, 2.24) is 4.98 Å². The standard InChI is InChI=1S/C18H16ClN3O3S2/c19-14-11-12(22-9-3-4-10-27(22,24)25)7-8-13(14)17(23)21-18-20-15-5-1-2-6-16(15)26-18/h1-2,5-8,11H,3-4,9-10H2,(H,20,21,23). The second kappa shape index (κ2) is 7.10. The molecule has 0 spiro atoms. The normalized spacial score (nSPS) is 16.4. The molecule has 0 aliphatic carbocycles. The summed E-state index contributed by atoms with van der Waals surface area (Å²) >= 11 is 7.66. The highest BCUT2D eigenvalue weighted by molar-refractivity contribution is 7.92.